The van der Waals surface area contributed by atoms with Crippen LogP contribution in [0.1, 0.15) is 56.9 Å². The molecule has 39 heavy (non-hydrogen) atoms. The summed E-state index contributed by atoms with van der Waals surface area (Å²) < 4.78 is 16.4. The summed E-state index contributed by atoms with van der Waals surface area (Å²) >= 11 is 0. The number of amides is 2. The van der Waals surface area contributed by atoms with E-state index in [1.807, 2.05) is 32.9 Å². The molecule has 0 spiro atoms. The second-order valence-electron chi connectivity index (χ2n) is 10.7. The van der Waals surface area contributed by atoms with Crippen LogP contribution in [0.25, 0.3) is 22.8 Å². The summed E-state index contributed by atoms with van der Waals surface area (Å²) in [4.78, 5) is 30.9. The van der Waals surface area contributed by atoms with Crippen molar-refractivity contribution < 1.29 is 23.6 Å². The average molecular weight is 532 g/mol. The molecule has 0 aliphatic carbocycles. The number of rotatable bonds is 6. The number of nitriles is 1. The van der Waals surface area contributed by atoms with Crippen LogP contribution in [0.3, 0.4) is 0 Å². The lowest BCUT2D eigenvalue weighted by Crippen LogP contribution is -2.43. The highest BCUT2D eigenvalue weighted by molar-refractivity contribution is 5.82. The van der Waals surface area contributed by atoms with E-state index in [0.717, 1.165) is 22.3 Å². The van der Waals surface area contributed by atoms with E-state index in [9.17, 15) is 14.9 Å². The zero-order valence-electron chi connectivity index (χ0n) is 23.1. The molecule has 10 nitrogen and oxygen atoms in total. The maximum atomic E-state index is 12.7. The van der Waals surface area contributed by atoms with Gasteiger partial charge in [0.15, 0.2) is 0 Å². The zero-order chi connectivity index (χ0) is 28.3. The number of hydrogen-bond donors (Lipinski definition) is 1. The van der Waals surface area contributed by atoms with Crippen molar-refractivity contribution in [2.75, 3.05) is 13.1 Å². The molecule has 1 aliphatic heterocycles. The quantitative estimate of drug-likeness (QED) is 0.481. The van der Waals surface area contributed by atoms with Crippen LogP contribution >= 0.6 is 0 Å². The van der Waals surface area contributed by atoms with Crippen LogP contribution in [0.4, 0.5) is 4.79 Å². The molecule has 0 fully saturated rings. The van der Waals surface area contributed by atoms with Crippen molar-refractivity contribution in [3.8, 4) is 34.7 Å². The number of carbonyl (C=O) groups is 2. The monoisotopic (exact) mass is 531 g/mol. The van der Waals surface area contributed by atoms with Crippen molar-refractivity contribution in [2.45, 2.75) is 66.2 Å². The minimum atomic E-state index is -0.626. The maximum absolute atomic E-state index is 12.7. The summed E-state index contributed by atoms with van der Waals surface area (Å²) in [7, 11) is 0. The number of nitrogens with zero attached hydrogens (tertiary/aromatic N) is 4. The van der Waals surface area contributed by atoms with E-state index in [2.05, 4.69) is 21.5 Å². The Bertz CT molecular complexity index is 1430. The van der Waals surface area contributed by atoms with Crippen LogP contribution in [-0.4, -0.2) is 51.8 Å². The second kappa shape index (κ2) is 11.2. The topological polar surface area (TPSA) is 131 Å². The summed E-state index contributed by atoms with van der Waals surface area (Å²) in [6.45, 7) is 12.0. The first-order chi connectivity index (χ1) is 18.4. The van der Waals surface area contributed by atoms with Gasteiger partial charge in [-0.2, -0.15) is 10.2 Å². The SMILES string of the molecule is Cc1c(-c2noc(-c3ccc(OC(C)C)c(C#N)c3)n2)ccc2c1CCN(C(=O)CNC(=O)OC(C)(C)C)C2. The molecule has 4 rings (SSSR count). The Morgan fingerprint density at radius 2 is 2.00 bits per heavy atom. The molecule has 10 heteroatoms. The highest BCUT2D eigenvalue weighted by atomic mass is 16.6. The Hall–Kier alpha value is -4.39. The van der Waals surface area contributed by atoms with Gasteiger partial charge in [0.25, 0.3) is 5.89 Å². The maximum Gasteiger partial charge on any atom is 0.408 e. The lowest BCUT2D eigenvalue weighted by atomic mass is 9.91. The Morgan fingerprint density at radius 1 is 1.23 bits per heavy atom. The van der Waals surface area contributed by atoms with Gasteiger partial charge in [-0.3, -0.25) is 4.79 Å². The van der Waals surface area contributed by atoms with Gasteiger partial charge in [-0.05, 0) is 82.9 Å². The smallest absolute Gasteiger partial charge is 0.408 e. The van der Waals surface area contributed by atoms with Crippen LogP contribution in [-0.2, 0) is 22.5 Å². The number of benzene rings is 2. The normalized spacial score (nSPS) is 13.0. The van der Waals surface area contributed by atoms with Gasteiger partial charge in [0.05, 0.1) is 11.7 Å². The third-order valence-corrected chi connectivity index (χ3v) is 6.20. The molecule has 2 aromatic carbocycles. The lowest BCUT2D eigenvalue weighted by Gasteiger charge is -2.30. The minimum Gasteiger partial charge on any atom is -0.490 e. The molecule has 0 bridgehead atoms. The number of carbonyl (C=O) groups excluding carboxylic acids is 2. The molecule has 1 N–H and O–H groups in total. The molecule has 1 aliphatic rings. The Balaban J connectivity index is 1.47. The predicted octanol–water partition coefficient (Wildman–Crippen LogP) is 4.78. The van der Waals surface area contributed by atoms with Crippen molar-refractivity contribution in [1.82, 2.24) is 20.4 Å². The number of aromatic nitrogens is 2. The van der Waals surface area contributed by atoms with Gasteiger partial charge in [-0.1, -0.05) is 17.3 Å². The molecule has 2 heterocycles. The molecule has 1 aromatic heterocycles. The molecule has 2 amide bonds. The zero-order valence-corrected chi connectivity index (χ0v) is 23.1. The van der Waals surface area contributed by atoms with Crippen molar-refractivity contribution in [3.63, 3.8) is 0 Å². The second-order valence-corrected chi connectivity index (χ2v) is 10.7. The van der Waals surface area contributed by atoms with E-state index in [0.29, 0.717) is 48.1 Å². The molecule has 0 radical (unpaired) electrons. The first-order valence-corrected chi connectivity index (χ1v) is 12.9. The minimum absolute atomic E-state index is 0.0518. The van der Waals surface area contributed by atoms with E-state index >= 15 is 0 Å². The van der Waals surface area contributed by atoms with Crippen molar-refractivity contribution in [2.24, 2.45) is 0 Å². The average Bonchev–Trinajstić information content (AvgIpc) is 3.36. The highest BCUT2D eigenvalue weighted by Gasteiger charge is 2.25. The lowest BCUT2D eigenvalue weighted by molar-refractivity contribution is -0.131. The Labute approximate surface area is 227 Å². The predicted molar refractivity (Wildman–Crippen MR) is 144 cm³/mol. The molecular weight excluding hydrogens is 498 g/mol. The molecule has 204 valence electrons. The van der Waals surface area contributed by atoms with Gasteiger partial charge < -0.3 is 24.2 Å². The summed E-state index contributed by atoms with van der Waals surface area (Å²) in [6.07, 6.45) is 0.00161. The van der Waals surface area contributed by atoms with Gasteiger partial charge in [0.2, 0.25) is 11.7 Å². The van der Waals surface area contributed by atoms with Crippen molar-refractivity contribution in [3.05, 3.63) is 52.6 Å². The van der Waals surface area contributed by atoms with E-state index in [1.165, 1.54) is 0 Å². The fraction of sp³-hybridized carbons (Fsp3) is 0.414. The van der Waals surface area contributed by atoms with Crippen LogP contribution in [0.5, 0.6) is 5.75 Å². The third kappa shape index (κ3) is 6.55. The molecule has 0 atom stereocenters. The van der Waals surface area contributed by atoms with Gasteiger partial charge in [-0.15, -0.1) is 0 Å². The number of hydrogen-bond acceptors (Lipinski definition) is 8. The fourth-order valence-electron chi connectivity index (χ4n) is 4.43. The summed E-state index contributed by atoms with van der Waals surface area (Å²) in [5.41, 5.74) is 4.45. The van der Waals surface area contributed by atoms with Crippen LogP contribution < -0.4 is 10.1 Å². The van der Waals surface area contributed by atoms with Crippen molar-refractivity contribution in [1.29, 1.82) is 5.26 Å². The van der Waals surface area contributed by atoms with Crippen LogP contribution in [0.2, 0.25) is 0 Å². The Kier molecular flexibility index (Phi) is 7.90. The van der Waals surface area contributed by atoms with E-state index in [1.54, 1.807) is 43.9 Å². The molecule has 3 aromatic rings. The summed E-state index contributed by atoms with van der Waals surface area (Å²) in [6, 6.07) is 11.3. The van der Waals surface area contributed by atoms with Crippen LogP contribution in [0.15, 0.2) is 34.9 Å². The number of alkyl carbamates (subject to hydrolysis) is 1. The van der Waals surface area contributed by atoms with Gasteiger partial charge in [0.1, 0.15) is 24.0 Å². The van der Waals surface area contributed by atoms with Gasteiger partial charge in [0, 0.05) is 24.2 Å². The van der Waals surface area contributed by atoms with E-state index in [4.69, 9.17) is 14.0 Å². The van der Waals surface area contributed by atoms with Gasteiger partial charge in [-0.25, -0.2) is 4.79 Å². The molecule has 0 unspecified atom stereocenters. The molecule has 0 saturated heterocycles. The first kappa shape index (κ1) is 27.6. The van der Waals surface area contributed by atoms with Crippen molar-refractivity contribution >= 4 is 12.0 Å². The largest absolute Gasteiger partial charge is 0.490 e. The highest BCUT2D eigenvalue weighted by Crippen LogP contribution is 2.32. The first-order valence-electron chi connectivity index (χ1n) is 12.9. The van der Waals surface area contributed by atoms with Crippen LogP contribution in [0, 0.1) is 18.3 Å². The molecular formula is C29H33N5O5. The third-order valence-electron chi connectivity index (χ3n) is 6.20. The number of ether oxygens (including phenoxy) is 2. The Morgan fingerprint density at radius 3 is 2.69 bits per heavy atom. The number of fused-ring (bicyclic) bond motifs is 1. The number of nitrogens with one attached hydrogen (secondary N) is 1. The standard InChI is InChI=1S/C29H33N5O5/c1-17(2)37-24-10-8-19(13-21(24)14-30)27-32-26(33-39-27)23-9-7-20-16-34(12-11-22(20)18(23)3)25(35)15-31-28(36)38-29(4,5)6/h7-10,13,17H,11-12,15-16H2,1-6H3,(H,31,36). The fourth-order valence-corrected chi connectivity index (χ4v) is 4.43. The van der Waals surface area contributed by atoms with E-state index < -0.39 is 11.7 Å². The van der Waals surface area contributed by atoms with E-state index in [-0.39, 0.29) is 18.6 Å². The molecule has 0 saturated carbocycles. The van der Waals surface area contributed by atoms with Gasteiger partial charge >= 0.3 is 6.09 Å². The summed E-state index contributed by atoms with van der Waals surface area (Å²) in [5, 5.41) is 16.3. The summed E-state index contributed by atoms with van der Waals surface area (Å²) in [5.74, 6) is 1.10.